The number of nitrogens with zero attached hydrogens (tertiary/aromatic N) is 5. The number of fused-ring (bicyclic) bond motifs is 4. The molecule has 8 nitrogen and oxygen atoms in total. The molecule has 4 unspecified atom stereocenters. The number of anilines is 4. The molecular formula is C42H42F2N8S4. The van der Waals surface area contributed by atoms with Gasteiger partial charge in [-0.1, -0.05) is 0 Å². The Morgan fingerprint density at radius 2 is 1.30 bits per heavy atom. The highest BCUT2D eigenvalue weighted by Crippen LogP contribution is 2.42. The van der Waals surface area contributed by atoms with E-state index in [-0.39, 0.29) is 18.5 Å². The van der Waals surface area contributed by atoms with Crippen LogP contribution in [0, 0.1) is 0 Å². The third kappa shape index (κ3) is 7.87. The van der Waals surface area contributed by atoms with Crippen molar-refractivity contribution in [3.05, 3.63) is 93.8 Å². The summed E-state index contributed by atoms with van der Waals surface area (Å²) in [5.74, 6) is 0.845. The molecule has 56 heavy (non-hydrogen) atoms. The summed E-state index contributed by atoms with van der Waals surface area (Å²) >= 11 is 6.82. The van der Waals surface area contributed by atoms with E-state index < -0.39 is 6.43 Å². The van der Waals surface area contributed by atoms with Crippen LogP contribution in [0.3, 0.4) is 0 Å². The lowest BCUT2D eigenvalue weighted by atomic mass is 9.88. The Labute approximate surface area is 340 Å². The van der Waals surface area contributed by atoms with Crippen molar-refractivity contribution in [2.24, 2.45) is 0 Å². The van der Waals surface area contributed by atoms with Crippen molar-refractivity contribution in [3.63, 3.8) is 0 Å². The lowest BCUT2D eigenvalue weighted by molar-refractivity contribution is 0.0470. The third-order valence-corrected chi connectivity index (χ3v) is 15.1. The Morgan fingerprint density at radius 3 is 1.88 bits per heavy atom. The molecule has 2 aromatic carbocycles. The van der Waals surface area contributed by atoms with E-state index in [0.29, 0.717) is 12.0 Å². The van der Waals surface area contributed by atoms with Crippen molar-refractivity contribution in [1.29, 1.82) is 0 Å². The van der Waals surface area contributed by atoms with E-state index in [2.05, 4.69) is 104 Å². The fourth-order valence-electron chi connectivity index (χ4n) is 8.14. The number of alkyl halides is 2. The van der Waals surface area contributed by atoms with Crippen molar-refractivity contribution < 1.29 is 8.78 Å². The average molecular weight is 825 g/mol. The smallest absolute Gasteiger partial charge is 0.251 e. The maximum Gasteiger partial charge on any atom is 0.251 e. The molecule has 10 rings (SSSR count). The van der Waals surface area contributed by atoms with Crippen LogP contribution in [0.2, 0.25) is 0 Å². The monoisotopic (exact) mass is 824 g/mol. The van der Waals surface area contributed by atoms with Crippen LogP contribution in [0.4, 0.5) is 31.5 Å². The zero-order chi connectivity index (χ0) is 38.2. The van der Waals surface area contributed by atoms with Gasteiger partial charge in [-0.2, -0.15) is 0 Å². The van der Waals surface area contributed by atoms with Crippen molar-refractivity contribution in [1.82, 2.24) is 30.2 Å². The highest BCUT2D eigenvalue weighted by Gasteiger charge is 2.32. The van der Waals surface area contributed by atoms with Crippen LogP contribution in [-0.2, 0) is 0 Å². The molecule has 2 aliphatic heterocycles. The Balaban J connectivity index is 0.000000148. The van der Waals surface area contributed by atoms with Gasteiger partial charge in [0.15, 0.2) is 0 Å². The Hall–Kier alpha value is -4.18. The van der Waals surface area contributed by atoms with Gasteiger partial charge in [0.05, 0.1) is 49.4 Å². The average Bonchev–Trinajstić information content (AvgIpc) is 4.02. The molecule has 0 spiro atoms. The molecule has 0 bridgehead atoms. The number of nitrogens with one attached hydrogen (secondary N) is 3. The molecule has 14 heteroatoms. The van der Waals surface area contributed by atoms with Crippen LogP contribution in [0.5, 0.6) is 0 Å². The van der Waals surface area contributed by atoms with Gasteiger partial charge in [-0.05, 0) is 113 Å². The van der Waals surface area contributed by atoms with E-state index in [1.807, 2.05) is 45.7 Å². The van der Waals surface area contributed by atoms with Gasteiger partial charge in [0.2, 0.25) is 0 Å². The van der Waals surface area contributed by atoms with Gasteiger partial charge in [-0.25, -0.2) is 28.7 Å². The molecule has 2 fully saturated rings. The van der Waals surface area contributed by atoms with E-state index in [9.17, 15) is 8.78 Å². The number of piperidine rings is 2. The molecule has 0 aliphatic carbocycles. The number of aromatic nitrogens is 4. The van der Waals surface area contributed by atoms with E-state index in [1.54, 1.807) is 34.0 Å². The molecule has 0 amide bonds. The number of halogens is 2. The molecule has 0 saturated carbocycles. The minimum atomic E-state index is -2.29. The fraction of sp³-hybridized carbons (Fsp3) is 0.333. The SMILES string of the molecule is CC1C(c2cc3c(Nc4ccc5scnc5c4)ccnc3s2)CCCN1CC(F)F.CC1NCCCC1c1cc2c(Nc3ccc4scnc4c3)ccnc2s1. The molecule has 4 atom stereocenters. The number of likely N-dealkylation sites (tertiary alicyclic amines) is 1. The van der Waals surface area contributed by atoms with E-state index in [0.717, 1.165) is 79.5 Å². The third-order valence-electron chi connectivity index (χ3n) is 11.1. The number of hydrogen-bond acceptors (Lipinski definition) is 12. The zero-order valence-electron chi connectivity index (χ0n) is 31.0. The molecule has 8 heterocycles. The quantitative estimate of drug-likeness (QED) is 0.140. The van der Waals surface area contributed by atoms with Gasteiger partial charge in [-0.3, -0.25) is 4.90 Å². The van der Waals surface area contributed by atoms with Crippen LogP contribution in [-0.4, -0.2) is 63.0 Å². The first-order valence-electron chi connectivity index (χ1n) is 19.1. The van der Waals surface area contributed by atoms with Gasteiger partial charge in [0.1, 0.15) is 9.66 Å². The summed E-state index contributed by atoms with van der Waals surface area (Å²) in [4.78, 5) is 24.7. The normalized spacial score (nSPS) is 20.5. The Kier molecular flexibility index (Phi) is 10.9. The van der Waals surface area contributed by atoms with Crippen molar-refractivity contribution in [2.45, 2.75) is 69.9 Å². The second kappa shape index (κ2) is 16.4. The maximum atomic E-state index is 13.0. The van der Waals surface area contributed by atoms with Crippen LogP contribution in [0.25, 0.3) is 40.9 Å². The van der Waals surface area contributed by atoms with Crippen LogP contribution < -0.4 is 16.0 Å². The number of thiazole rings is 2. The summed E-state index contributed by atoms with van der Waals surface area (Å²) in [5.41, 5.74) is 9.94. The van der Waals surface area contributed by atoms with Gasteiger partial charge in [-0.15, -0.1) is 45.3 Å². The predicted octanol–water partition coefficient (Wildman–Crippen LogP) is 12.0. The summed E-state index contributed by atoms with van der Waals surface area (Å²) < 4.78 is 28.3. The number of benzene rings is 2. The van der Waals surface area contributed by atoms with E-state index in [1.165, 1.54) is 32.7 Å². The minimum absolute atomic E-state index is 0.101. The highest BCUT2D eigenvalue weighted by atomic mass is 32.1. The lowest BCUT2D eigenvalue weighted by Gasteiger charge is -2.38. The van der Waals surface area contributed by atoms with Crippen LogP contribution in [0.1, 0.15) is 61.1 Å². The van der Waals surface area contributed by atoms with Crippen LogP contribution in [0.15, 0.2) is 84.1 Å². The number of hydrogen-bond donors (Lipinski definition) is 3. The summed E-state index contributed by atoms with van der Waals surface area (Å²) in [7, 11) is 0. The summed E-state index contributed by atoms with van der Waals surface area (Å²) in [5, 5.41) is 13.0. The maximum absolute atomic E-state index is 13.0. The molecule has 2 saturated heterocycles. The number of pyridine rings is 2. The van der Waals surface area contributed by atoms with Gasteiger partial charge < -0.3 is 16.0 Å². The predicted molar refractivity (Wildman–Crippen MR) is 233 cm³/mol. The number of thiophene rings is 2. The molecule has 6 aromatic heterocycles. The van der Waals surface area contributed by atoms with Gasteiger partial charge in [0.25, 0.3) is 6.43 Å². The van der Waals surface area contributed by atoms with E-state index in [4.69, 9.17) is 0 Å². The molecule has 3 N–H and O–H groups in total. The first-order chi connectivity index (χ1) is 27.4. The Morgan fingerprint density at radius 1 is 0.732 bits per heavy atom. The molecule has 0 radical (unpaired) electrons. The van der Waals surface area contributed by atoms with Gasteiger partial charge >= 0.3 is 0 Å². The largest absolute Gasteiger partial charge is 0.355 e. The second-order valence-corrected chi connectivity index (χ2v) is 18.5. The van der Waals surface area contributed by atoms with Crippen LogP contribution >= 0.6 is 45.3 Å². The first kappa shape index (κ1) is 37.4. The minimum Gasteiger partial charge on any atom is -0.355 e. The Bertz CT molecular complexity index is 2600. The van der Waals surface area contributed by atoms with Crippen molar-refractivity contribution >= 4 is 109 Å². The van der Waals surface area contributed by atoms with Gasteiger partial charge in [0, 0.05) is 68.2 Å². The van der Waals surface area contributed by atoms with Crippen molar-refractivity contribution in [3.8, 4) is 0 Å². The molecule has 8 aromatic rings. The molecule has 288 valence electrons. The number of rotatable bonds is 8. The molecule has 2 aliphatic rings. The van der Waals surface area contributed by atoms with E-state index >= 15 is 0 Å². The van der Waals surface area contributed by atoms with Crippen molar-refractivity contribution in [2.75, 3.05) is 30.3 Å². The standard InChI is InChI=1S/C22H22F2N4S2.C20H20N4S2/c1-13-15(3-2-8-28(13)11-21(23)24)20-10-16-17(6-7-25-22(16)30-20)27-14-4-5-19-18(9-14)26-12-29-19;1-12-14(3-2-7-21-12)19-10-15-16(6-8-22-20(15)26-19)24-13-4-5-18-17(9-13)23-11-25-18/h4-7,9-10,12-13,15,21H,2-3,8,11H2,1H3,(H,25,27);4-6,8-12,14,21H,2-3,7H2,1H3,(H,22,24). The second-order valence-electron chi connectivity index (χ2n) is 14.6. The molecular weight excluding hydrogens is 783 g/mol. The highest BCUT2D eigenvalue weighted by molar-refractivity contribution is 7.19. The summed E-state index contributed by atoms with van der Waals surface area (Å²) in [6, 6.07) is 21.8. The first-order valence-corrected chi connectivity index (χ1v) is 22.5. The topological polar surface area (TPSA) is 90.9 Å². The fourth-order valence-corrected chi connectivity index (χ4v) is 12.0. The lowest BCUT2D eigenvalue weighted by Crippen LogP contribution is -2.44. The summed E-state index contributed by atoms with van der Waals surface area (Å²) in [6.45, 7) is 6.10. The summed E-state index contributed by atoms with van der Waals surface area (Å²) in [6.07, 6.45) is 5.90. The zero-order valence-corrected chi connectivity index (χ0v) is 34.3.